The molecule has 2 aromatic rings. The first-order chi connectivity index (χ1) is 13.1. The highest BCUT2D eigenvalue weighted by atomic mass is 16.6. The van der Waals surface area contributed by atoms with E-state index in [1.54, 1.807) is 23.4 Å². The van der Waals surface area contributed by atoms with Crippen molar-refractivity contribution in [2.75, 3.05) is 45.3 Å². The SMILES string of the molecule is CN(C)c1cncc(O[C@@H]2CCN(C(=O)c3cccc4c3OCCO4)C2)n1. The van der Waals surface area contributed by atoms with Crippen LogP contribution in [0.2, 0.25) is 0 Å². The Balaban J connectivity index is 1.44. The number of para-hydroxylation sites is 1. The predicted octanol–water partition coefficient (Wildman–Crippen LogP) is 1.61. The van der Waals surface area contributed by atoms with Crippen LogP contribution in [0.15, 0.2) is 30.6 Å². The molecule has 1 amide bonds. The first-order valence-corrected chi connectivity index (χ1v) is 8.96. The molecular weight excluding hydrogens is 348 g/mol. The van der Waals surface area contributed by atoms with E-state index in [0.717, 1.165) is 12.2 Å². The lowest BCUT2D eigenvalue weighted by atomic mass is 10.1. The average molecular weight is 370 g/mol. The molecule has 3 heterocycles. The molecule has 0 unspecified atom stereocenters. The fourth-order valence-corrected chi connectivity index (χ4v) is 3.20. The minimum Gasteiger partial charge on any atom is -0.486 e. The molecule has 8 heteroatoms. The lowest BCUT2D eigenvalue weighted by Crippen LogP contribution is -2.32. The van der Waals surface area contributed by atoms with Gasteiger partial charge in [0, 0.05) is 27.1 Å². The first kappa shape index (κ1) is 17.4. The Morgan fingerprint density at radius 1 is 1.26 bits per heavy atom. The van der Waals surface area contributed by atoms with E-state index in [2.05, 4.69) is 9.97 Å². The van der Waals surface area contributed by atoms with E-state index in [9.17, 15) is 4.79 Å². The average Bonchev–Trinajstić information content (AvgIpc) is 3.15. The lowest BCUT2D eigenvalue weighted by Gasteiger charge is -2.23. The van der Waals surface area contributed by atoms with Crippen LogP contribution in [0.5, 0.6) is 17.4 Å². The Bertz CT molecular complexity index is 842. The minimum atomic E-state index is -0.114. The van der Waals surface area contributed by atoms with Crippen LogP contribution in [-0.4, -0.2) is 67.3 Å². The van der Waals surface area contributed by atoms with E-state index in [1.807, 2.05) is 31.1 Å². The van der Waals surface area contributed by atoms with Gasteiger partial charge in [-0.2, -0.15) is 4.98 Å². The number of fused-ring (bicyclic) bond motifs is 1. The largest absolute Gasteiger partial charge is 0.486 e. The van der Waals surface area contributed by atoms with Crippen molar-refractivity contribution < 1.29 is 19.0 Å². The molecule has 1 saturated heterocycles. The maximum atomic E-state index is 13.0. The van der Waals surface area contributed by atoms with Gasteiger partial charge in [-0.3, -0.25) is 9.78 Å². The zero-order valence-corrected chi connectivity index (χ0v) is 15.4. The molecule has 0 saturated carbocycles. The van der Waals surface area contributed by atoms with Crippen LogP contribution in [-0.2, 0) is 0 Å². The number of ether oxygens (including phenoxy) is 3. The van der Waals surface area contributed by atoms with E-state index in [1.165, 1.54) is 0 Å². The van der Waals surface area contributed by atoms with Gasteiger partial charge in [-0.1, -0.05) is 6.07 Å². The summed E-state index contributed by atoms with van der Waals surface area (Å²) in [5.74, 6) is 2.27. The molecule has 27 heavy (non-hydrogen) atoms. The van der Waals surface area contributed by atoms with Crippen LogP contribution >= 0.6 is 0 Å². The number of likely N-dealkylation sites (tertiary alicyclic amines) is 1. The Hall–Kier alpha value is -3.03. The van der Waals surface area contributed by atoms with Gasteiger partial charge in [0.05, 0.1) is 24.5 Å². The van der Waals surface area contributed by atoms with Crippen molar-refractivity contribution in [2.45, 2.75) is 12.5 Å². The third-order valence-corrected chi connectivity index (χ3v) is 4.57. The van der Waals surface area contributed by atoms with E-state index >= 15 is 0 Å². The molecule has 0 radical (unpaired) electrons. The summed E-state index contributed by atoms with van der Waals surface area (Å²) in [6.45, 7) is 2.06. The Morgan fingerprint density at radius 2 is 2.11 bits per heavy atom. The molecule has 1 aromatic carbocycles. The van der Waals surface area contributed by atoms with Gasteiger partial charge in [-0.15, -0.1) is 0 Å². The second-order valence-corrected chi connectivity index (χ2v) is 6.72. The summed E-state index contributed by atoms with van der Waals surface area (Å²) < 4.78 is 17.2. The number of amides is 1. The standard InChI is InChI=1S/C19H22N4O4/c1-22(2)16-10-20-11-17(21-16)27-13-6-7-23(12-13)19(24)14-4-3-5-15-18(14)26-9-8-25-15/h3-5,10-11,13H,6-9,12H2,1-2H3/t13-/m1/s1. The van der Waals surface area contributed by atoms with E-state index in [-0.39, 0.29) is 12.0 Å². The lowest BCUT2D eigenvalue weighted by molar-refractivity contribution is 0.0760. The Labute approximate surface area is 157 Å². The maximum Gasteiger partial charge on any atom is 0.257 e. The van der Waals surface area contributed by atoms with Crippen LogP contribution in [0.4, 0.5) is 5.82 Å². The van der Waals surface area contributed by atoms with E-state index < -0.39 is 0 Å². The highest BCUT2D eigenvalue weighted by Crippen LogP contribution is 2.34. The van der Waals surface area contributed by atoms with Crippen molar-refractivity contribution in [3.63, 3.8) is 0 Å². The molecule has 2 aliphatic rings. The fraction of sp³-hybridized carbons (Fsp3) is 0.421. The summed E-state index contributed by atoms with van der Waals surface area (Å²) in [6.07, 6.45) is 3.90. The molecule has 1 fully saturated rings. The van der Waals surface area contributed by atoms with Gasteiger partial charge in [0.15, 0.2) is 17.3 Å². The van der Waals surface area contributed by atoms with Gasteiger partial charge in [-0.25, -0.2) is 0 Å². The number of benzene rings is 1. The number of rotatable bonds is 4. The number of hydrogen-bond donors (Lipinski definition) is 0. The number of nitrogens with zero attached hydrogens (tertiary/aromatic N) is 4. The first-order valence-electron chi connectivity index (χ1n) is 8.96. The van der Waals surface area contributed by atoms with Crippen LogP contribution in [0.3, 0.4) is 0 Å². The smallest absolute Gasteiger partial charge is 0.257 e. The third-order valence-electron chi connectivity index (χ3n) is 4.57. The van der Waals surface area contributed by atoms with Gasteiger partial charge in [-0.05, 0) is 12.1 Å². The fourth-order valence-electron chi connectivity index (χ4n) is 3.20. The predicted molar refractivity (Wildman–Crippen MR) is 98.7 cm³/mol. The normalized spacial score (nSPS) is 18.3. The Morgan fingerprint density at radius 3 is 2.96 bits per heavy atom. The van der Waals surface area contributed by atoms with Gasteiger partial charge in [0.2, 0.25) is 5.88 Å². The molecule has 0 bridgehead atoms. The van der Waals surface area contributed by atoms with E-state index in [4.69, 9.17) is 14.2 Å². The van der Waals surface area contributed by atoms with Crippen molar-refractivity contribution >= 4 is 11.7 Å². The molecule has 142 valence electrons. The highest BCUT2D eigenvalue weighted by Gasteiger charge is 2.31. The van der Waals surface area contributed by atoms with Crippen molar-refractivity contribution in [3.8, 4) is 17.4 Å². The quantitative estimate of drug-likeness (QED) is 0.809. The number of carbonyl (C=O) groups excluding carboxylic acids is 1. The van der Waals surface area contributed by atoms with Gasteiger partial charge in [0.1, 0.15) is 19.3 Å². The van der Waals surface area contributed by atoms with Gasteiger partial charge >= 0.3 is 0 Å². The number of hydrogen-bond acceptors (Lipinski definition) is 7. The van der Waals surface area contributed by atoms with Crippen molar-refractivity contribution in [2.24, 2.45) is 0 Å². The topological polar surface area (TPSA) is 77.0 Å². The molecule has 8 nitrogen and oxygen atoms in total. The molecular formula is C19H22N4O4. The van der Waals surface area contributed by atoms with Gasteiger partial charge in [0.25, 0.3) is 5.91 Å². The molecule has 4 rings (SSSR count). The molecule has 0 aliphatic carbocycles. The molecule has 0 spiro atoms. The summed E-state index contributed by atoms with van der Waals surface area (Å²) in [7, 11) is 3.80. The second kappa shape index (κ2) is 7.30. The highest BCUT2D eigenvalue weighted by molar-refractivity contribution is 5.98. The van der Waals surface area contributed by atoms with E-state index in [0.29, 0.717) is 49.2 Å². The zero-order chi connectivity index (χ0) is 18.8. The minimum absolute atomic E-state index is 0.0726. The summed E-state index contributed by atoms with van der Waals surface area (Å²) in [6, 6.07) is 5.40. The summed E-state index contributed by atoms with van der Waals surface area (Å²) >= 11 is 0. The van der Waals surface area contributed by atoms with Crippen LogP contribution in [0, 0.1) is 0 Å². The third kappa shape index (κ3) is 3.60. The molecule has 2 aliphatic heterocycles. The molecule has 0 N–H and O–H groups in total. The van der Waals surface area contributed by atoms with Crippen molar-refractivity contribution in [1.29, 1.82) is 0 Å². The number of aromatic nitrogens is 2. The zero-order valence-electron chi connectivity index (χ0n) is 15.4. The number of anilines is 1. The number of carbonyl (C=O) groups is 1. The monoisotopic (exact) mass is 370 g/mol. The van der Waals surface area contributed by atoms with Crippen molar-refractivity contribution in [1.82, 2.24) is 14.9 Å². The molecule has 1 aromatic heterocycles. The molecule has 1 atom stereocenters. The van der Waals surface area contributed by atoms with Crippen molar-refractivity contribution in [3.05, 3.63) is 36.2 Å². The van der Waals surface area contributed by atoms with Crippen LogP contribution < -0.4 is 19.1 Å². The summed E-state index contributed by atoms with van der Waals surface area (Å²) in [4.78, 5) is 25.2. The Kier molecular flexibility index (Phi) is 4.70. The second-order valence-electron chi connectivity index (χ2n) is 6.72. The summed E-state index contributed by atoms with van der Waals surface area (Å²) in [5.41, 5.74) is 0.530. The summed E-state index contributed by atoms with van der Waals surface area (Å²) in [5, 5.41) is 0. The maximum absolute atomic E-state index is 13.0. The van der Waals surface area contributed by atoms with Gasteiger partial charge < -0.3 is 24.0 Å². The van der Waals surface area contributed by atoms with Crippen LogP contribution in [0.1, 0.15) is 16.8 Å². The van der Waals surface area contributed by atoms with Crippen LogP contribution in [0.25, 0.3) is 0 Å².